The maximum atomic E-state index is 12.9. The molecule has 1 amide bonds. The van der Waals surface area contributed by atoms with E-state index < -0.39 is 10.0 Å². The molecule has 1 saturated heterocycles. The first-order valence-corrected chi connectivity index (χ1v) is 11.7. The van der Waals surface area contributed by atoms with E-state index in [4.69, 9.17) is 4.42 Å². The minimum absolute atomic E-state index is 0.00365. The van der Waals surface area contributed by atoms with E-state index in [1.165, 1.54) is 4.31 Å². The van der Waals surface area contributed by atoms with Crippen LogP contribution in [0.5, 0.6) is 0 Å². The van der Waals surface area contributed by atoms with Crippen LogP contribution in [0.2, 0.25) is 0 Å². The molecule has 0 aliphatic carbocycles. The second kappa shape index (κ2) is 9.24. The highest BCUT2D eigenvalue weighted by atomic mass is 79.9. The molecule has 2 atom stereocenters. The maximum absolute atomic E-state index is 12.9. The first kappa shape index (κ1) is 21.1. The van der Waals surface area contributed by atoms with Crippen LogP contribution in [0.4, 0.5) is 0 Å². The van der Waals surface area contributed by atoms with E-state index in [1.807, 2.05) is 19.1 Å². The highest BCUT2D eigenvalue weighted by molar-refractivity contribution is 9.10. The zero-order valence-electron chi connectivity index (χ0n) is 15.8. The lowest BCUT2D eigenvalue weighted by molar-refractivity contribution is -0.126. The first-order valence-electron chi connectivity index (χ1n) is 9.45. The molecule has 1 aromatic heterocycles. The number of rotatable bonds is 7. The van der Waals surface area contributed by atoms with Gasteiger partial charge in [-0.15, -0.1) is 0 Å². The molecule has 1 aliphatic rings. The number of benzene rings is 1. The van der Waals surface area contributed by atoms with Gasteiger partial charge in [-0.2, -0.15) is 4.31 Å². The molecular formula is C20H25BrN2O4S. The molecule has 1 aliphatic heterocycles. The Balaban J connectivity index is 1.57. The van der Waals surface area contributed by atoms with Crippen molar-refractivity contribution in [1.29, 1.82) is 0 Å². The first-order chi connectivity index (χ1) is 13.4. The Labute approximate surface area is 174 Å². The van der Waals surface area contributed by atoms with E-state index in [9.17, 15) is 13.2 Å². The zero-order chi connectivity index (χ0) is 20.1. The SMILES string of the molecule is CC(CCc1ccco1)NC(=O)C1CCCN(S(=O)(=O)c2ccc(Br)cc2)C1. The number of halogens is 1. The van der Waals surface area contributed by atoms with Gasteiger partial charge < -0.3 is 9.73 Å². The normalized spacial score (nSPS) is 19.3. The third-order valence-corrected chi connectivity index (χ3v) is 7.41. The van der Waals surface area contributed by atoms with Gasteiger partial charge in [0.1, 0.15) is 5.76 Å². The summed E-state index contributed by atoms with van der Waals surface area (Å²) in [7, 11) is -3.59. The highest BCUT2D eigenvalue weighted by Crippen LogP contribution is 2.25. The average molecular weight is 469 g/mol. The summed E-state index contributed by atoms with van der Waals surface area (Å²) in [5.74, 6) is 0.484. The number of nitrogens with zero attached hydrogens (tertiary/aromatic N) is 1. The molecule has 1 N–H and O–H groups in total. The van der Waals surface area contributed by atoms with Crippen LogP contribution in [0, 0.1) is 5.92 Å². The lowest BCUT2D eigenvalue weighted by Gasteiger charge is -2.31. The van der Waals surface area contributed by atoms with E-state index in [1.54, 1.807) is 30.5 Å². The summed E-state index contributed by atoms with van der Waals surface area (Å²) >= 11 is 3.32. The van der Waals surface area contributed by atoms with Gasteiger partial charge in [-0.05, 0) is 62.6 Å². The van der Waals surface area contributed by atoms with Crippen LogP contribution in [0.25, 0.3) is 0 Å². The third-order valence-electron chi connectivity index (χ3n) is 5.00. The number of aryl methyl sites for hydroxylation is 1. The Kier molecular flexibility index (Phi) is 6.95. The lowest BCUT2D eigenvalue weighted by Crippen LogP contribution is -2.47. The molecule has 2 aromatic rings. The topological polar surface area (TPSA) is 79.6 Å². The Hall–Kier alpha value is -1.64. The van der Waals surface area contributed by atoms with Gasteiger partial charge >= 0.3 is 0 Å². The van der Waals surface area contributed by atoms with Crippen molar-refractivity contribution in [1.82, 2.24) is 9.62 Å². The molecule has 0 spiro atoms. The van der Waals surface area contributed by atoms with Crippen molar-refractivity contribution in [2.45, 2.75) is 43.5 Å². The van der Waals surface area contributed by atoms with Gasteiger partial charge in [-0.1, -0.05) is 15.9 Å². The van der Waals surface area contributed by atoms with Gasteiger partial charge in [0, 0.05) is 30.0 Å². The molecule has 0 bridgehead atoms. The summed E-state index contributed by atoms with van der Waals surface area (Å²) in [6, 6.07) is 10.3. The zero-order valence-corrected chi connectivity index (χ0v) is 18.2. The average Bonchev–Trinajstić information content (AvgIpc) is 3.20. The Morgan fingerprint density at radius 2 is 2.07 bits per heavy atom. The van der Waals surface area contributed by atoms with Crippen molar-refractivity contribution < 1.29 is 17.6 Å². The molecule has 1 aromatic carbocycles. The predicted octanol–water partition coefficient (Wildman–Crippen LogP) is 3.58. The van der Waals surface area contributed by atoms with E-state index >= 15 is 0 Å². The molecule has 6 nitrogen and oxygen atoms in total. The summed E-state index contributed by atoms with van der Waals surface area (Å²) in [6.07, 6.45) is 4.54. The standard InChI is InChI=1S/C20H25BrN2O4S/c1-15(6-9-18-5-3-13-27-18)22-20(24)16-4-2-12-23(14-16)28(25,26)19-10-7-17(21)8-11-19/h3,5,7-8,10-11,13,15-16H,2,4,6,9,12,14H2,1H3,(H,22,24). The molecule has 28 heavy (non-hydrogen) atoms. The number of amides is 1. The largest absolute Gasteiger partial charge is 0.469 e. The third kappa shape index (κ3) is 5.24. The van der Waals surface area contributed by atoms with Crippen LogP contribution >= 0.6 is 15.9 Å². The molecule has 2 heterocycles. The number of piperidine rings is 1. The van der Waals surface area contributed by atoms with Crippen molar-refractivity contribution >= 4 is 31.9 Å². The van der Waals surface area contributed by atoms with Crippen LogP contribution in [0.1, 0.15) is 31.9 Å². The number of hydrogen-bond acceptors (Lipinski definition) is 4. The number of furan rings is 1. The molecule has 3 rings (SSSR count). The molecule has 152 valence electrons. The van der Waals surface area contributed by atoms with Crippen molar-refractivity contribution in [2.75, 3.05) is 13.1 Å². The second-order valence-corrected chi connectivity index (χ2v) is 10.0. The smallest absolute Gasteiger partial charge is 0.243 e. The minimum atomic E-state index is -3.59. The van der Waals surface area contributed by atoms with Crippen molar-refractivity contribution in [3.8, 4) is 0 Å². The molecule has 0 radical (unpaired) electrons. The quantitative estimate of drug-likeness (QED) is 0.673. The van der Waals surface area contributed by atoms with E-state index in [2.05, 4.69) is 21.2 Å². The maximum Gasteiger partial charge on any atom is 0.243 e. The molecule has 2 unspecified atom stereocenters. The van der Waals surface area contributed by atoms with Crippen LogP contribution in [-0.2, 0) is 21.2 Å². The van der Waals surface area contributed by atoms with E-state index in [-0.39, 0.29) is 29.3 Å². The fourth-order valence-corrected chi connectivity index (χ4v) is 5.16. The van der Waals surface area contributed by atoms with Crippen molar-refractivity contribution in [2.24, 2.45) is 5.92 Å². The van der Waals surface area contributed by atoms with E-state index in [0.29, 0.717) is 19.4 Å². The second-order valence-electron chi connectivity index (χ2n) is 7.18. The van der Waals surface area contributed by atoms with Gasteiger partial charge in [0.05, 0.1) is 17.1 Å². The Morgan fingerprint density at radius 3 is 2.75 bits per heavy atom. The molecular weight excluding hydrogens is 444 g/mol. The number of carbonyl (C=O) groups is 1. The summed E-state index contributed by atoms with van der Waals surface area (Å²) in [5.41, 5.74) is 0. The van der Waals surface area contributed by atoms with E-state index in [0.717, 1.165) is 23.1 Å². The summed E-state index contributed by atoms with van der Waals surface area (Å²) in [5, 5.41) is 3.02. The highest BCUT2D eigenvalue weighted by Gasteiger charge is 2.33. The van der Waals surface area contributed by atoms with Crippen LogP contribution < -0.4 is 5.32 Å². The van der Waals surface area contributed by atoms with Gasteiger partial charge in [-0.3, -0.25) is 4.79 Å². The monoisotopic (exact) mass is 468 g/mol. The summed E-state index contributed by atoms with van der Waals surface area (Å²) in [6.45, 7) is 2.62. The number of carbonyl (C=O) groups excluding carboxylic acids is 1. The number of sulfonamides is 1. The minimum Gasteiger partial charge on any atom is -0.469 e. The summed E-state index contributed by atoms with van der Waals surface area (Å²) in [4.78, 5) is 12.9. The predicted molar refractivity (Wildman–Crippen MR) is 110 cm³/mol. The van der Waals surface area contributed by atoms with Gasteiger partial charge in [0.25, 0.3) is 0 Å². The number of nitrogens with one attached hydrogen (secondary N) is 1. The van der Waals surface area contributed by atoms with Crippen molar-refractivity contribution in [3.63, 3.8) is 0 Å². The fraction of sp³-hybridized carbons (Fsp3) is 0.450. The summed E-state index contributed by atoms with van der Waals surface area (Å²) < 4.78 is 33.4. The fourth-order valence-electron chi connectivity index (χ4n) is 3.38. The van der Waals surface area contributed by atoms with Crippen LogP contribution in [0.15, 0.2) is 56.4 Å². The Morgan fingerprint density at radius 1 is 1.32 bits per heavy atom. The lowest BCUT2D eigenvalue weighted by atomic mass is 9.98. The Bertz CT molecular complexity index is 881. The van der Waals surface area contributed by atoms with Crippen LogP contribution in [-0.4, -0.2) is 37.8 Å². The van der Waals surface area contributed by atoms with Gasteiger partial charge in [-0.25, -0.2) is 8.42 Å². The van der Waals surface area contributed by atoms with Crippen LogP contribution in [0.3, 0.4) is 0 Å². The van der Waals surface area contributed by atoms with Gasteiger partial charge in [0.15, 0.2) is 0 Å². The number of hydrogen-bond donors (Lipinski definition) is 1. The van der Waals surface area contributed by atoms with Crippen molar-refractivity contribution in [3.05, 3.63) is 52.9 Å². The molecule has 1 fully saturated rings. The molecule has 0 saturated carbocycles. The molecule has 8 heteroatoms. The van der Waals surface area contributed by atoms with Gasteiger partial charge in [0.2, 0.25) is 15.9 Å².